The molecular weight excluding hydrogens is 404 g/mol. The third kappa shape index (κ3) is 4.34. The lowest BCUT2D eigenvalue weighted by atomic mass is 9.88. The van der Waals surface area contributed by atoms with E-state index in [4.69, 9.17) is 9.47 Å². The molecular formula is C22H32N2O5S. The van der Waals surface area contributed by atoms with E-state index >= 15 is 0 Å². The van der Waals surface area contributed by atoms with Crippen LogP contribution in [-0.2, 0) is 19.6 Å². The van der Waals surface area contributed by atoms with Gasteiger partial charge in [-0.15, -0.1) is 0 Å². The van der Waals surface area contributed by atoms with Gasteiger partial charge in [0, 0.05) is 30.4 Å². The molecule has 2 aliphatic heterocycles. The van der Waals surface area contributed by atoms with E-state index in [2.05, 4.69) is 5.32 Å². The number of ether oxygens (including phenoxy) is 2. The van der Waals surface area contributed by atoms with Gasteiger partial charge in [-0.2, -0.15) is 0 Å². The van der Waals surface area contributed by atoms with E-state index in [0.29, 0.717) is 32.4 Å². The monoisotopic (exact) mass is 436 g/mol. The third-order valence-corrected chi connectivity index (χ3v) is 8.33. The molecule has 1 saturated heterocycles. The first-order chi connectivity index (χ1) is 14.1. The number of nitrogens with one attached hydrogen (secondary N) is 1. The molecule has 0 aromatic heterocycles. The third-order valence-electron chi connectivity index (χ3n) is 5.94. The summed E-state index contributed by atoms with van der Waals surface area (Å²) in [6.07, 6.45) is 3.46. The van der Waals surface area contributed by atoms with Crippen LogP contribution in [0.5, 0.6) is 5.75 Å². The van der Waals surface area contributed by atoms with Crippen molar-refractivity contribution in [3.63, 3.8) is 0 Å². The fraction of sp³-hybridized carbons (Fsp3) is 0.591. The Hall–Kier alpha value is -2.06. The largest absolute Gasteiger partial charge is 0.497 e. The van der Waals surface area contributed by atoms with Crippen LogP contribution in [0.15, 0.2) is 24.3 Å². The van der Waals surface area contributed by atoms with Gasteiger partial charge in [-0.1, -0.05) is 13.0 Å². The number of fused-ring (bicyclic) bond motifs is 1. The predicted molar refractivity (Wildman–Crippen MR) is 118 cm³/mol. The first-order valence-corrected chi connectivity index (χ1v) is 11.9. The number of hydrogen-bond acceptors (Lipinski definition) is 6. The van der Waals surface area contributed by atoms with Crippen LogP contribution < -0.4 is 10.1 Å². The molecule has 8 heteroatoms. The Kier molecular flexibility index (Phi) is 6.48. The van der Waals surface area contributed by atoms with Gasteiger partial charge < -0.3 is 14.8 Å². The lowest BCUT2D eigenvalue weighted by Crippen LogP contribution is -2.45. The molecule has 0 radical (unpaired) electrons. The Morgan fingerprint density at radius 2 is 1.93 bits per heavy atom. The summed E-state index contributed by atoms with van der Waals surface area (Å²) in [5.74, 6) is 0.232. The SMILES string of the molecule is CCC(C1=CC(C)(C)Nc2cc(OC)ccc21)S(=O)(=O)N1CCC(C(=O)OC)CC1. The maximum absolute atomic E-state index is 13.6. The van der Waals surface area contributed by atoms with E-state index in [1.54, 1.807) is 11.4 Å². The predicted octanol–water partition coefficient (Wildman–Crippen LogP) is 3.28. The smallest absolute Gasteiger partial charge is 0.308 e. The average molecular weight is 437 g/mol. The molecule has 1 fully saturated rings. The van der Waals surface area contributed by atoms with Gasteiger partial charge in [0.25, 0.3) is 0 Å². The van der Waals surface area contributed by atoms with Crippen LogP contribution in [0.3, 0.4) is 0 Å². The second-order valence-electron chi connectivity index (χ2n) is 8.50. The summed E-state index contributed by atoms with van der Waals surface area (Å²) in [4.78, 5) is 11.8. The lowest BCUT2D eigenvalue weighted by molar-refractivity contribution is -0.146. The van der Waals surface area contributed by atoms with Crippen molar-refractivity contribution in [3.8, 4) is 5.75 Å². The van der Waals surface area contributed by atoms with E-state index < -0.39 is 20.8 Å². The van der Waals surface area contributed by atoms with Crippen molar-refractivity contribution in [2.75, 3.05) is 32.6 Å². The van der Waals surface area contributed by atoms with Gasteiger partial charge in [-0.05, 0) is 50.8 Å². The maximum Gasteiger partial charge on any atom is 0.308 e. The zero-order valence-electron chi connectivity index (χ0n) is 18.4. The van der Waals surface area contributed by atoms with Gasteiger partial charge in [0.15, 0.2) is 0 Å². The Morgan fingerprint density at radius 1 is 1.27 bits per heavy atom. The van der Waals surface area contributed by atoms with Crippen LogP contribution in [0.4, 0.5) is 5.69 Å². The van der Waals surface area contributed by atoms with Crippen LogP contribution in [0.1, 0.15) is 45.6 Å². The quantitative estimate of drug-likeness (QED) is 0.689. The number of nitrogens with zero attached hydrogens (tertiary/aromatic N) is 1. The van der Waals surface area contributed by atoms with Crippen molar-refractivity contribution in [3.05, 3.63) is 29.8 Å². The molecule has 166 valence electrons. The summed E-state index contributed by atoms with van der Waals surface area (Å²) < 4.78 is 39.0. The second-order valence-corrected chi connectivity index (χ2v) is 10.6. The van der Waals surface area contributed by atoms with Gasteiger partial charge in [0.1, 0.15) is 11.0 Å². The first kappa shape index (κ1) is 22.6. The molecule has 3 rings (SSSR count). The molecule has 1 N–H and O–H groups in total. The lowest BCUT2D eigenvalue weighted by Gasteiger charge is -2.37. The number of hydrogen-bond donors (Lipinski definition) is 1. The maximum atomic E-state index is 13.6. The molecule has 0 amide bonds. The number of benzene rings is 1. The highest BCUT2D eigenvalue weighted by atomic mass is 32.2. The van der Waals surface area contributed by atoms with E-state index in [0.717, 1.165) is 22.6 Å². The summed E-state index contributed by atoms with van der Waals surface area (Å²) >= 11 is 0. The number of carbonyl (C=O) groups is 1. The molecule has 0 aliphatic carbocycles. The Morgan fingerprint density at radius 3 is 2.50 bits per heavy atom. The molecule has 0 saturated carbocycles. The van der Waals surface area contributed by atoms with Crippen molar-refractivity contribution < 1.29 is 22.7 Å². The second kappa shape index (κ2) is 8.59. The Labute approximate surface area is 179 Å². The zero-order chi connectivity index (χ0) is 22.1. The van der Waals surface area contributed by atoms with E-state index in [1.807, 2.05) is 45.0 Å². The van der Waals surface area contributed by atoms with Crippen LogP contribution in [-0.4, -0.2) is 56.8 Å². The van der Waals surface area contributed by atoms with Crippen molar-refractivity contribution in [1.29, 1.82) is 0 Å². The van der Waals surface area contributed by atoms with E-state index in [1.165, 1.54) is 7.11 Å². The number of esters is 1. The number of piperidine rings is 1. The minimum atomic E-state index is -3.58. The van der Waals surface area contributed by atoms with Crippen LogP contribution in [0.25, 0.3) is 5.57 Å². The van der Waals surface area contributed by atoms with Gasteiger partial charge in [0.2, 0.25) is 10.0 Å². The normalized spacial score (nSPS) is 20.5. The molecule has 0 bridgehead atoms. The van der Waals surface area contributed by atoms with Gasteiger partial charge in [-0.3, -0.25) is 4.79 Å². The average Bonchev–Trinajstić information content (AvgIpc) is 2.72. The number of methoxy groups -OCH3 is 2. The van der Waals surface area contributed by atoms with Crippen molar-refractivity contribution in [2.24, 2.45) is 5.92 Å². The highest BCUT2D eigenvalue weighted by Crippen LogP contribution is 2.41. The molecule has 0 spiro atoms. The van der Waals surface area contributed by atoms with Gasteiger partial charge >= 0.3 is 5.97 Å². The summed E-state index contributed by atoms with van der Waals surface area (Å²) in [5.41, 5.74) is 2.18. The van der Waals surface area contributed by atoms with E-state index in [-0.39, 0.29) is 11.9 Å². The number of sulfonamides is 1. The zero-order valence-corrected chi connectivity index (χ0v) is 19.2. The summed E-state index contributed by atoms with van der Waals surface area (Å²) in [6, 6.07) is 5.68. The van der Waals surface area contributed by atoms with Crippen molar-refractivity contribution in [1.82, 2.24) is 4.31 Å². The van der Waals surface area contributed by atoms with Gasteiger partial charge in [0.05, 0.1) is 25.7 Å². The van der Waals surface area contributed by atoms with Crippen molar-refractivity contribution in [2.45, 2.75) is 50.8 Å². The minimum Gasteiger partial charge on any atom is -0.497 e. The Balaban J connectivity index is 1.93. The molecule has 30 heavy (non-hydrogen) atoms. The molecule has 2 heterocycles. The van der Waals surface area contributed by atoms with E-state index in [9.17, 15) is 13.2 Å². The molecule has 1 unspecified atom stereocenters. The first-order valence-electron chi connectivity index (χ1n) is 10.4. The number of carbonyl (C=O) groups excluding carboxylic acids is 1. The highest BCUT2D eigenvalue weighted by molar-refractivity contribution is 7.90. The number of rotatable bonds is 6. The summed E-state index contributed by atoms with van der Waals surface area (Å²) in [7, 11) is -0.598. The topological polar surface area (TPSA) is 84.9 Å². The molecule has 2 aliphatic rings. The number of anilines is 1. The van der Waals surface area contributed by atoms with Gasteiger partial charge in [-0.25, -0.2) is 12.7 Å². The molecule has 1 aromatic carbocycles. The summed E-state index contributed by atoms with van der Waals surface area (Å²) in [5, 5.41) is 2.81. The fourth-order valence-electron chi connectivity index (χ4n) is 4.41. The fourth-order valence-corrected chi connectivity index (χ4v) is 6.42. The van der Waals surface area contributed by atoms with Crippen LogP contribution in [0.2, 0.25) is 0 Å². The standard InChI is InChI=1S/C22H32N2O5S/c1-6-20(30(26,27)24-11-9-15(10-12-24)21(25)29-5)18-14-22(2,3)23-19-13-16(28-4)7-8-17(18)19/h7-8,13-15,20,23H,6,9-12H2,1-5H3. The summed E-state index contributed by atoms with van der Waals surface area (Å²) in [6.45, 7) is 6.63. The highest BCUT2D eigenvalue weighted by Gasteiger charge is 2.40. The molecule has 1 aromatic rings. The van der Waals surface area contributed by atoms with Crippen LogP contribution in [0, 0.1) is 5.92 Å². The molecule has 1 atom stereocenters. The van der Waals surface area contributed by atoms with Crippen LogP contribution >= 0.6 is 0 Å². The Bertz CT molecular complexity index is 931. The van der Waals surface area contributed by atoms with Crippen molar-refractivity contribution >= 4 is 27.3 Å². The molecule has 7 nitrogen and oxygen atoms in total. The minimum absolute atomic E-state index is 0.230.